The maximum absolute atomic E-state index is 14.0. The Bertz CT molecular complexity index is 612. The molecule has 1 heterocycles. The molecule has 0 aliphatic carbocycles. The quantitative estimate of drug-likeness (QED) is 0.889. The Balaban J connectivity index is 0.00000220. The van der Waals surface area contributed by atoms with Crippen LogP contribution in [0.4, 0.5) is 4.39 Å². The molecule has 5 nitrogen and oxygen atoms in total. The SMILES string of the molecule is CC(C)(N)C(=O)NCc1ccc(-n2ccnc2)c(F)c1.Cl.Cl. The second-order valence-electron chi connectivity index (χ2n) is 5.16. The van der Waals surface area contributed by atoms with Crippen molar-refractivity contribution >= 4 is 30.7 Å². The van der Waals surface area contributed by atoms with Crippen molar-refractivity contribution in [3.8, 4) is 5.69 Å². The fourth-order valence-corrected chi connectivity index (χ4v) is 1.68. The summed E-state index contributed by atoms with van der Waals surface area (Å²) in [6, 6.07) is 4.79. The molecule has 122 valence electrons. The second kappa shape index (κ2) is 8.12. The van der Waals surface area contributed by atoms with Crippen LogP contribution in [0.1, 0.15) is 19.4 Å². The molecule has 0 bridgehead atoms. The van der Waals surface area contributed by atoms with E-state index in [0.717, 1.165) is 0 Å². The predicted molar refractivity (Wildman–Crippen MR) is 88.1 cm³/mol. The largest absolute Gasteiger partial charge is 0.350 e. The molecule has 0 aliphatic rings. The summed E-state index contributed by atoms with van der Waals surface area (Å²) in [5.41, 5.74) is 5.80. The van der Waals surface area contributed by atoms with Crippen LogP contribution in [0.2, 0.25) is 0 Å². The van der Waals surface area contributed by atoms with E-state index in [2.05, 4.69) is 10.3 Å². The van der Waals surface area contributed by atoms with Gasteiger partial charge >= 0.3 is 0 Å². The van der Waals surface area contributed by atoms with Crippen molar-refractivity contribution in [1.29, 1.82) is 0 Å². The Morgan fingerprint density at radius 1 is 1.41 bits per heavy atom. The minimum Gasteiger partial charge on any atom is -0.350 e. The minimum atomic E-state index is -0.949. The number of nitrogens with two attached hydrogens (primary N) is 1. The summed E-state index contributed by atoms with van der Waals surface area (Å²) in [6.07, 6.45) is 4.77. The molecule has 1 amide bonds. The standard InChI is InChI=1S/C14H17FN4O.2ClH/c1-14(2,16)13(20)18-8-10-3-4-12(11(15)7-10)19-6-5-17-9-19;;/h3-7,9H,8,16H2,1-2H3,(H,18,20);2*1H. The molecule has 0 fully saturated rings. The highest BCUT2D eigenvalue weighted by Crippen LogP contribution is 2.15. The summed E-state index contributed by atoms with van der Waals surface area (Å²) in [5, 5.41) is 2.67. The Labute approximate surface area is 140 Å². The van der Waals surface area contributed by atoms with Crippen molar-refractivity contribution in [1.82, 2.24) is 14.9 Å². The number of benzene rings is 1. The third-order valence-corrected chi connectivity index (χ3v) is 2.83. The first kappa shape index (κ1) is 20.4. The predicted octanol–water partition coefficient (Wildman–Crippen LogP) is 2.21. The Morgan fingerprint density at radius 2 is 2.09 bits per heavy atom. The van der Waals surface area contributed by atoms with Crippen molar-refractivity contribution in [3.05, 3.63) is 48.3 Å². The summed E-state index contributed by atoms with van der Waals surface area (Å²) >= 11 is 0. The third kappa shape index (κ3) is 4.98. The number of carbonyl (C=O) groups excluding carboxylic acids is 1. The molecule has 0 aliphatic heterocycles. The molecule has 0 saturated heterocycles. The van der Waals surface area contributed by atoms with Crippen LogP contribution in [0.25, 0.3) is 5.69 Å². The molecule has 22 heavy (non-hydrogen) atoms. The number of halogens is 3. The lowest BCUT2D eigenvalue weighted by Crippen LogP contribution is -2.48. The minimum absolute atomic E-state index is 0. The molecule has 3 N–H and O–H groups in total. The summed E-state index contributed by atoms with van der Waals surface area (Å²) in [4.78, 5) is 15.5. The van der Waals surface area contributed by atoms with Crippen LogP contribution in [-0.4, -0.2) is 21.0 Å². The van der Waals surface area contributed by atoms with Gasteiger partial charge in [-0.25, -0.2) is 9.37 Å². The molecule has 1 aromatic carbocycles. The van der Waals surface area contributed by atoms with E-state index in [0.29, 0.717) is 11.3 Å². The topological polar surface area (TPSA) is 72.9 Å². The van der Waals surface area contributed by atoms with E-state index in [1.807, 2.05) is 0 Å². The highest BCUT2D eigenvalue weighted by molar-refractivity contribution is 5.85. The van der Waals surface area contributed by atoms with Crippen LogP contribution in [0.3, 0.4) is 0 Å². The lowest BCUT2D eigenvalue weighted by atomic mass is 10.1. The van der Waals surface area contributed by atoms with Crippen molar-refractivity contribution in [2.24, 2.45) is 5.73 Å². The van der Waals surface area contributed by atoms with Gasteiger partial charge < -0.3 is 15.6 Å². The molecule has 1 aromatic heterocycles. The number of imidazole rings is 1. The fraction of sp³-hybridized carbons (Fsp3) is 0.286. The van der Waals surface area contributed by atoms with Gasteiger partial charge in [-0.3, -0.25) is 4.79 Å². The van der Waals surface area contributed by atoms with Crippen LogP contribution < -0.4 is 11.1 Å². The van der Waals surface area contributed by atoms with Crippen molar-refractivity contribution in [2.45, 2.75) is 25.9 Å². The average molecular weight is 349 g/mol. The number of aromatic nitrogens is 2. The van der Waals surface area contributed by atoms with E-state index in [1.54, 1.807) is 42.9 Å². The Hall–Kier alpha value is -1.63. The van der Waals surface area contributed by atoms with E-state index in [4.69, 9.17) is 5.73 Å². The van der Waals surface area contributed by atoms with E-state index in [9.17, 15) is 9.18 Å². The summed E-state index contributed by atoms with van der Waals surface area (Å²) < 4.78 is 15.6. The first-order valence-electron chi connectivity index (χ1n) is 6.22. The third-order valence-electron chi connectivity index (χ3n) is 2.83. The van der Waals surface area contributed by atoms with Gasteiger partial charge in [0.05, 0.1) is 17.6 Å². The molecule has 0 radical (unpaired) electrons. The smallest absolute Gasteiger partial charge is 0.239 e. The highest BCUT2D eigenvalue weighted by atomic mass is 35.5. The first-order valence-corrected chi connectivity index (χ1v) is 6.22. The highest BCUT2D eigenvalue weighted by Gasteiger charge is 2.21. The molecule has 0 saturated carbocycles. The molecule has 8 heteroatoms. The number of hydrogen-bond acceptors (Lipinski definition) is 3. The van der Waals surface area contributed by atoms with E-state index in [1.165, 1.54) is 12.4 Å². The lowest BCUT2D eigenvalue weighted by molar-refractivity contribution is -0.125. The van der Waals surface area contributed by atoms with Crippen LogP contribution in [-0.2, 0) is 11.3 Å². The number of nitrogens with zero attached hydrogens (tertiary/aromatic N) is 2. The second-order valence-corrected chi connectivity index (χ2v) is 5.16. The zero-order valence-electron chi connectivity index (χ0n) is 12.2. The number of carbonyl (C=O) groups is 1. The van der Waals surface area contributed by atoms with Gasteiger partial charge in [0.25, 0.3) is 0 Å². The van der Waals surface area contributed by atoms with E-state index >= 15 is 0 Å². The van der Waals surface area contributed by atoms with Gasteiger partial charge in [0.15, 0.2) is 0 Å². The molecular formula is C14H19Cl2FN4O. The molecule has 0 atom stereocenters. The number of rotatable bonds is 4. The molecular weight excluding hydrogens is 330 g/mol. The molecule has 2 rings (SSSR count). The van der Waals surface area contributed by atoms with E-state index in [-0.39, 0.29) is 43.1 Å². The van der Waals surface area contributed by atoms with Crippen molar-refractivity contribution < 1.29 is 9.18 Å². The Morgan fingerprint density at radius 3 is 2.59 bits per heavy atom. The monoisotopic (exact) mass is 348 g/mol. The van der Waals surface area contributed by atoms with Gasteiger partial charge in [0, 0.05) is 18.9 Å². The van der Waals surface area contributed by atoms with Crippen molar-refractivity contribution in [2.75, 3.05) is 0 Å². The van der Waals surface area contributed by atoms with Crippen LogP contribution >= 0.6 is 24.8 Å². The summed E-state index contributed by atoms with van der Waals surface area (Å²) in [6.45, 7) is 3.47. The van der Waals surface area contributed by atoms with Gasteiger partial charge in [0.2, 0.25) is 5.91 Å². The fourth-order valence-electron chi connectivity index (χ4n) is 1.68. The maximum Gasteiger partial charge on any atom is 0.239 e. The zero-order chi connectivity index (χ0) is 14.8. The molecule has 2 aromatic rings. The van der Waals surface area contributed by atoms with Crippen LogP contribution in [0, 0.1) is 5.82 Å². The number of hydrogen-bond donors (Lipinski definition) is 2. The summed E-state index contributed by atoms with van der Waals surface area (Å²) in [5.74, 6) is -0.654. The normalized spacial score (nSPS) is 10.4. The van der Waals surface area contributed by atoms with Crippen molar-refractivity contribution in [3.63, 3.8) is 0 Å². The molecule has 0 spiro atoms. The van der Waals surface area contributed by atoms with Gasteiger partial charge in [-0.1, -0.05) is 6.07 Å². The first-order chi connectivity index (χ1) is 9.38. The number of nitrogens with one attached hydrogen (secondary N) is 1. The van der Waals surface area contributed by atoms with Gasteiger partial charge in [-0.15, -0.1) is 24.8 Å². The van der Waals surface area contributed by atoms with Gasteiger partial charge in [-0.2, -0.15) is 0 Å². The lowest BCUT2D eigenvalue weighted by Gasteiger charge is -2.17. The average Bonchev–Trinajstić information content (AvgIpc) is 2.88. The zero-order valence-corrected chi connectivity index (χ0v) is 13.9. The number of amides is 1. The summed E-state index contributed by atoms with van der Waals surface area (Å²) in [7, 11) is 0. The maximum atomic E-state index is 14.0. The van der Waals surface area contributed by atoms with Gasteiger partial charge in [0.1, 0.15) is 5.82 Å². The Kier molecular flexibility index (Phi) is 7.52. The van der Waals surface area contributed by atoms with Crippen LogP contribution in [0.15, 0.2) is 36.9 Å². The van der Waals surface area contributed by atoms with Crippen LogP contribution in [0.5, 0.6) is 0 Å². The van der Waals surface area contributed by atoms with E-state index < -0.39 is 5.54 Å². The van der Waals surface area contributed by atoms with Gasteiger partial charge in [-0.05, 0) is 31.5 Å². The molecule has 0 unspecified atom stereocenters.